The number of hydrogen-bond acceptors (Lipinski definition) is 7. The molecule has 10 heteroatoms. The van der Waals surface area contributed by atoms with Gasteiger partial charge in [-0.05, 0) is 37.5 Å². The van der Waals surface area contributed by atoms with Gasteiger partial charge in [0, 0.05) is 25.7 Å². The number of ether oxygens (including phenoxy) is 2. The molecule has 3 aliphatic heterocycles. The van der Waals surface area contributed by atoms with Crippen molar-refractivity contribution in [3.05, 3.63) is 47.3 Å². The summed E-state index contributed by atoms with van der Waals surface area (Å²) in [7, 11) is -1.90. The molecule has 1 spiro atoms. The Morgan fingerprint density at radius 3 is 2.74 bits per heavy atom. The Labute approximate surface area is 180 Å². The molecule has 1 amide bonds. The summed E-state index contributed by atoms with van der Waals surface area (Å²) >= 11 is 0. The molecule has 0 aliphatic carbocycles. The predicted molar refractivity (Wildman–Crippen MR) is 110 cm³/mol. The van der Waals surface area contributed by atoms with Gasteiger partial charge in [-0.2, -0.15) is 4.31 Å². The Morgan fingerprint density at radius 2 is 2.06 bits per heavy atom. The van der Waals surface area contributed by atoms with Crippen molar-refractivity contribution in [1.29, 1.82) is 0 Å². The summed E-state index contributed by atoms with van der Waals surface area (Å²) in [6.07, 6.45) is 0.716. The summed E-state index contributed by atoms with van der Waals surface area (Å²) in [5.74, 6) is 1.07. The third-order valence-corrected chi connectivity index (χ3v) is 8.83. The summed E-state index contributed by atoms with van der Waals surface area (Å²) in [6.45, 7) is 2.96. The molecule has 2 aromatic rings. The van der Waals surface area contributed by atoms with Crippen molar-refractivity contribution in [2.45, 2.75) is 36.7 Å². The molecule has 1 aromatic carbocycles. The van der Waals surface area contributed by atoms with Crippen LogP contribution >= 0.6 is 0 Å². The first-order valence-corrected chi connectivity index (χ1v) is 11.8. The quantitative estimate of drug-likeness (QED) is 0.679. The second kappa shape index (κ2) is 7.32. The number of carbonyl (C=O) groups is 1. The molecule has 3 atom stereocenters. The minimum Gasteiger partial charge on any atom is -0.497 e. The van der Waals surface area contributed by atoms with Crippen LogP contribution in [0.4, 0.5) is 0 Å². The van der Waals surface area contributed by atoms with Crippen LogP contribution in [0.5, 0.6) is 5.75 Å². The monoisotopic (exact) mass is 447 g/mol. The second-order valence-electron chi connectivity index (χ2n) is 8.51. The standard InChI is InChI=1S/C21H25N3O6S/c1-14-9-18(22-30-14)20(25)23-11-17-10-19-21(12-23,29-17)13-24(31(19,26)27)8-7-15-3-5-16(28-2)6-4-15/h3-6,9,17,19H,7-8,10-13H2,1-2H3/t17-,19+,21+/m1/s1. The number of amides is 1. The fourth-order valence-electron chi connectivity index (χ4n) is 4.98. The minimum atomic E-state index is -3.51. The smallest absolute Gasteiger partial charge is 0.276 e. The van der Waals surface area contributed by atoms with E-state index in [9.17, 15) is 13.2 Å². The van der Waals surface area contributed by atoms with E-state index in [-0.39, 0.29) is 30.8 Å². The number of carbonyl (C=O) groups excluding carboxylic acids is 1. The first-order chi connectivity index (χ1) is 14.8. The molecule has 3 aliphatic rings. The number of benzene rings is 1. The van der Waals surface area contributed by atoms with Gasteiger partial charge in [-0.3, -0.25) is 4.79 Å². The fourth-order valence-corrected chi connectivity index (χ4v) is 7.29. The maximum Gasteiger partial charge on any atom is 0.276 e. The van der Waals surface area contributed by atoms with Gasteiger partial charge in [0.2, 0.25) is 10.0 Å². The molecule has 0 radical (unpaired) electrons. The third-order valence-electron chi connectivity index (χ3n) is 6.45. The summed E-state index contributed by atoms with van der Waals surface area (Å²) in [5.41, 5.74) is 0.381. The highest BCUT2D eigenvalue weighted by Crippen LogP contribution is 2.46. The van der Waals surface area contributed by atoms with Crippen molar-refractivity contribution in [2.24, 2.45) is 0 Å². The number of aromatic nitrogens is 1. The molecule has 1 aromatic heterocycles. The van der Waals surface area contributed by atoms with Crippen molar-refractivity contribution in [1.82, 2.24) is 14.4 Å². The summed E-state index contributed by atoms with van der Waals surface area (Å²) in [5, 5.41) is 3.19. The van der Waals surface area contributed by atoms with Gasteiger partial charge in [0.15, 0.2) is 5.69 Å². The molecular formula is C21H25N3O6S. The molecule has 4 heterocycles. The Hall–Kier alpha value is -2.43. The van der Waals surface area contributed by atoms with Gasteiger partial charge in [0.1, 0.15) is 22.4 Å². The SMILES string of the molecule is COc1ccc(CCN2C[C@@]34CN(C(=O)c5cc(C)on5)C[C@@H](C[C@@H]3S2(=O)=O)O4)cc1. The van der Waals surface area contributed by atoms with Gasteiger partial charge in [-0.1, -0.05) is 17.3 Å². The molecule has 3 saturated heterocycles. The van der Waals surface area contributed by atoms with Crippen LogP contribution in [0.2, 0.25) is 0 Å². The van der Waals surface area contributed by atoms with E-state index in [1.165, 1.54) is 4.31 Å². The van der Waals surface area contributed by atoms with Crippen LogP contribution in [-0.2, 0) is 21.2 Å². The lowest BCUT2D eigenvalue weighted by Gasteiger charge is -2.39. The number of nitrogens with zero attached hydrogens (tertiary/aromatic N) is 3. The van der Waals surface area contributed by atoms with Crippen LogP contribution in [0, 0.1) is 6.92 Å². The third kappa shape index (κ3) is 3.42. The lowest BCUT2D eigenvalue weighted by atomic mass is 9.99. The number of hydrogen-bond donors (Lipinski definition) is 0. The first-order valence-electron chi connectivity index (χ1n) is 10.3. The van der Waals surface area contributed by atoms with E-state index in [1.54, 1.807) is 25.0 Å². The summed E-state index contributed by atoms with van der Waals surface area (Å²) < 4.78 is 44.5. The van der Waals surface area contributed by atoms with Crippen LogP contribution in [0.3, 0.4) is 0 Å². The zero-order valence-corrected chi connectivity index (χ0v) is 18.3. The van der Waals surface area contributed by atoms with E-state index in [4.69, 9.17) is 14.0 Å². The molecule has 166 valence electrons. The molecule has 9 nitrogen and oxygen atoms in total. The van der Waals surface area contributed by atoms with Gasteiger partial charge in [0.25, 0.3) is 5.91 Å². The van der Waals surface area contributed by atoms with E-state index in [1.807, 2.05) is 24.3 Å². The predicted octanol–water partition coefficient (Wildman–Crippen LogP) is 1.23. The van der Waals surface area contributed by atoms with Crippen LogP contribution in [0.15, 0.2) is 34.9 Å². The lowest BCUT2D eigenvalue weighted by molar-refractivity contribution is -0.0977. The molecular weight excluding hydrogens is 422 g/mol. The maximum absolute atomic E-state index is 13.3. The van der Waals surface area contributed by atoms with Gasteiger partial charge in [-0.25, -0.2) is 8.42 Å². The Morgan fingerprint density at radius 1 is 1.29 bits per heavy atom. The van der Waals surface area contributed by atoms with Crippen LogP contribution < -0.4 is 4.74 Å². The van der Waals surface area contributed by atoms with Crippen LogP contribution in [0.1, 0.15) is 28.2 Å². The first kappa shape index (κ1) is 20.5. The van der Waals surface area contributed by atoms with Crippen molar-refractivity contribution in [3.8, 4) is 5.75 Å². The van der Waals surface area contributed by atoms with E-state index < -0.39 is 20.9 Å². The average molecular weight is 448 g/mol. The molecule has 0 N–H and O–H groups in total. The van der Waals surface area contributed by atoms with Crippen molar-refractivity contribution >= 4 is 15.9 Å². The second-order valence-corrected chi connectivity index (χ2v) is 10.6. The normalized spacial score (nSPS) is 29.2. The van der Waals surface area contributed by atoms with Crippen molar-refractivity contribution < 1.29 is 27.2 Å². The van der Waals surface area contributed by atoms with Gasteiger partial charge >= 0.3 is 0 Å². The van der Waals surface area contributed by atoms with Gasteiger partial charge < -0.3 is 18.9 Å². The molecule has 0 unspecified atom stereocenters. The highest BCUT2D eigenvalue weighted by Gasteiger charge is 2.65. The van der Waals surface area contributed by atoms with Crippen LogP contribution in [0.25, 0.3) is 0 Å². The van der Waals surface area contributed by atoms with E-state index in [0.717, 1.165) is 11.3 Å². The average Bonchev–Trinajstić information content (AvgIpc) is 3.36. The number of methoxy groups -OCH3 is 1. The number of rotatable bonds is 5. The van der Waals surface area contributed by atoms with E-state index in [0.29, 0.717) is 31.7 Å². The number of likely N-dealkylation sites (tertiary alicyclic amines) is 1. The maximum atomic E-state index is 13.3. The largest absolute Gasteiger partial charge is 0.497 e. The van der Waals surface area contributed by atoms with E-state index >= 15 is 0 Å². The molecule has 31 heavy (non-hydrogen) atoms. The number of sulfonamides is 1. The zero-order valence-electron chi connectivity index (χ0n) is 17.5. The Kier molecular flexibility index (Phi) is 4.83. The summed E-state index contributed by atoms with van der Waals surface area (Å²) in [6, 6.07) is 9.21. The highest BCUT2D eigenvalue weighted by atomic mass is 32.2. The Bertz CT molecular complexity index is 1100. The van der Waals surface area contributed by atoms with Crippen LogP contribution in [-0.4, -0.2) is 78.9 Å². The minimum absolute atomic E-state index is 0.233. The molecule has 2 bridgehead atoms. The number of fused-ring (bicyclic) bond motifs is 1. The molecule has 5 rings (SSSR count). The lowest BCUT2D eigenvalue weighted by Crippen LogP contribution is -2.56. The van der Waals surface area contributed by atoms with Gasteiger partial charge in [-0.15, -0.1) is 0 Å². The number of aryl methyl sites for hydroxylation is 1. The fraction of sp³-hybridized carbons (Fsp3) is 0.524. The molecule has 3 fully saturated rings. The van der Waals surface area contributed by atoms with Crippen molar-refractivity contribution in [3.63, 3.8) is 0 Å². The highest BCUT2D eigenvalue weighted by molar-refractivity contribution is 7.90. The Balaban J connectivity index is 1.32. The summed E-state index contributed by atoms with van der Waals surface area (Å²) in [4.78, 5) is 14.6. The topological polar surface area (TPSA) is 102 Å². The van der Waals surface area contributed by atoms with E-state index in [2.05, 4.69) is 5.16 Å². The molecule has 0 saturated carbocycles. The number of morpholine rings is 1. The zero-order chi connectivity index (χ0) is 21.8. The van der Waals surface area contributed by atoms with Crippen molar-refractivity contribution in [2.75, 3.05) is 33.3 Å². The van der Waals surface area contributed by atoms with Gasteiger partial charge in [0.05, 0.1) is 19.8 Å².